The zero-order valence-electron chi connectivity index (χ0n) is 10.9. The van der Waals surface area contributed by atoms with Crippen LogP contribution < -0.4 is 5.32 Å². The van der Waals surface area contributed by atoms with Gasteiger partial charge in [-0.15, -0.1) is 0 Å². The van der Waals surface area contributed by atoms with Crippen LogP contribution in [0, 0.1) is 3.57 Å². The quantitative estimate of drug-likeness (QED) is 0.697. The van der Waals surface area contributed by atoms with Crippen LogP contribution in [-0.2, 0) is 0 Å². The molecule has 2 aromatic rings. The number of hydrogen-bond acceptors (Lipinski definition) is 4. The first-order valence-corrected chi connectivity index (χ1v) is 8.63. The van der Waals surface area contributed by atoms with Crippen LogP contribution in [0.1, 0.15) is 37.5 Å². The molecule has 0 bridgehead atoms. The van der Waals surface area contributed by atoms with E-state index in [4.69, 9.17) is 4.52 Å². The van der Waals surface area contributed by atoms with Gasteiger partial charge in [-0.3, -0.25) is 0 Å². The fourth-order valence-electron chi connectivity index (χ4n) is 2.40. The number of rotatable bonds is 2. The largest absolute Gasteiger partial charge is 0.334 e. The van der Waals surface area contributed by atoms with Crippen LogP contribution in [0.3, 0.4) is 0 Å². The van der Waals surface area contributed by atoms with Crippen LogP contribution in [0.5, 0.6) is 0 Å². The van der Waals surface area contributed by atoms with Crippen LogP contribution in [0.2, 0.25) is 0 Å². The van der Waals surface area contributed by atoms with E-state index >= 15 is 0 Å². The Morgan fingerprint density at radius 1 is 1.30 bits per heavy atom. The molecule has 0 spiro atoms. The van der Waals surface area contributed by atoms with E-state index in [0.29, 0.717) is 5.89 Å². The van der Waals surface area contributed by atoms with E-state index in [-0.39, 0.29) is 6.04 Å². The normalized spacial score (nSPS) is 19.8. The maximum Gasteiger partial charge on any atom is 0.259 e. The summed E-state index contributed by atoms with van der Waals surface area (Å²) in [7, 11) is 0. The van der Waals surface area contributed by atoms with Gasteiger partial charge in [-0.25, -0.2) is 0 Å². The van der Waals surface area contributed by atoms with E-state index in [1.54, 1.807) is 0 Å². The van der Waals surface area contributed by atoms with Crippen molar-refractivity contribution in [3.05, 3.63) is 32.1 Å². The summed E-state index contributed by atoms with van der Waals surface area (Å²) < 4.78 is 7.57. The summed E-state index contributed by atoms with van der Waals surface area (Å²) in [6.45, 7) is 1.03. The van der Waals surface area contributed by atoms with E-state index in [1.807, 2.05) is 18.2 Å². The van der Waals surface area contributed by atoms with Gasteiger partial charge in [0, 0.05) is 8.04 Å². The first-order valence-electron chi connectivity index (χ1n) is 6.76. The van der Waals surface area contributed by atoms with Gasteiger partial charge < -0.3 is 9.84 Å². The van der Waals surface area contributed by atoms with E-state index in [2.05, 4.69) is 54.0 Å². The average molecular weight is 448 g/mol. The molecule has 0 radical (unpaired) electrons. The van der Waals surface area contributed by atoms with Crippen molar-refractivity contribution in [1.29, 1.82) is 0 Å². The predicted molar refractivity (Wildman–Crippen MR) is 89.4 cm³/mol. The molecule has 3 rings (SSSR count). The van der Waals surface area contributed by atoms with Crippen LogP contribution in [0.25, 0.3) is 11.5 Å². The van der Waals surface area contributed by atoms with Crippen LogP contribution in [0.4, 0.5) is 0 Å². The van der Waals surface area contributed by atoms with Gasteiger partial charge in [0.2, 0.25) is 0 Å². The fraction of sp³-hybridized carbons (Fsp3) is 0.429. The smallest absolute Gasteiger partial charge is 0.259 e. The standard InChI is InChI=1S/C14H15BrIN3O/c15-9-5-6-11(16)10(8-9)14-18-13(19-20-14)12-4-2-1-3-7-17-12/h5-6,8,12,17H,1-4,7H2. The Kier molecular flexibility index (Phi) is 4.72. The molecule has 1 aliphatic rings. The van der Waals surface area contributed by atoms with Crippen LogP contribution >= 0.6 is 38.5 Å². The summed E-state index contributed by atoms with van der Waals surface area (Å²) >= 11 is 5.77. The molecule has 106 valence electrons. The Hall–Kier alpha value is -0.470. The SMILES string of the molecule is Brc1ccc(I)c(-c2nc(C3CCCCCN3)no2)c1. The monoisotopic (exact) mass is 447 g/mol. The van der Waals surface area contributed by atoms with Crippen molar-refractivity contribution in [3.8, 4) is 11.5 Å². The van der Waals surface area contributed by atoms with Gasteiger partial charge in [0.25, 0.3) is 5.89 Å². The lowest BCUT2D eigenvalue weighted by atomic mass is 10.1. The topological polar surface area (TPSA) is 51.0 Å². The highest BCUT2D eigenvalue weighted by Crippen LogP contribution is 2.29. The Balaban J connectivity index is 1.87. The molecule has 0 aliphatic carbocycles. The summed E-state index contributed by atoms with van der Waals surface area (Å²) in [5.41, 5.74) is 0.979. The zero-order chi connectivity index (χ0) is 13.9. The first-order chi connectivity index (χ1) is 9.74. The molecular weight excluding hydrogens is 433 g/mol. The van der Waals surface area contributed by atoms with Gasteiger partial charge in [-0.05, 0) is 60.2 Å². The molecular formula is C14H15BrIN3O. The molecule has 2 heterocycles. The average Bonchev–Trinajstić information content (AvgIpc) is 2.77. The molecule has 1 unspecified atom stereocenters. The minimum atomic E-state index is 0.222. The molecule has 1 aliphatic heterocycles. The molecule has 4 nitrogen and oxygen atoms in total. The molecule has 0 saturated carbocycles. The lowest BCUT2D eigenvalue weighted by Crippen LogP contribution is -2.21. The van der Waals surface area contributed by atoms with E-state index in [9.17, 15) is 0 Å². The molecule has 1 aromatic heterocycles. The van der Waals surface area contributed by atoms with Crippen molar-refractivity contribution in [1.82, 2.24) is 15.5 Å². The summed E-state index contributed by atoms with van der Waals surface area (Å²) in [6.07, 6.45) is 4.80. The number of nitrogens with one attached hydrogen (secondary N) is 1. The molecule has 1 atom stereocenters. The van der Waals surface area contributed by atoms with E-state index in [0.717, 1.165) is 32.4 Å². The van der Waals surface area contributed by atoms with Gasteiger partial charge in [0.15, 0.2) is 5.82 Å². The number of halogens is 2. The summed E-state index contributed by atoms with van der Waals surface area (Å²) in [5, 5.41) is 7.65. The van der Waals surface area contributed by atoms with Crippen molar-refractivity contribution < 1.29 is 4.52 Å². The summed E-state index contributed by atoms with van der Waals surface area (Å²) in [4.78, 5) is 4.58. The molecule has 1 N–H and O–H groups in total. The lowest BCUT2D eigenvalue weighted by molar-refractivity contribution is 0.402. The van der Waals surface area contributed by atoms with Crippen molar-refractivity contribution in [2.75, 3.05) is 6.54 Å². The Bertz CT molecular complexity index is 594. The maximum absolute atomic E-state index is 5.45. The summed E-state index contributed by atoms with van der Waals surface area (Å²) in [5.74, 6) is 1.37. The van der Waals surface area contributed by atoms with Gasteiger partial charge in [-0.2, -0.15) is 4.98 Å². The van der Waals surface area contributed by atoms with Gasteiger partial charge in [-0.1, -0.05) is 33.9 Å². The summed E-state index contributed by atoms with van der Waals surface area (Å²) in [6, 6.07) is 6.28. The maximum atomic E-state index is 5.45. The molecule has 0 amide bonds. The Morgan fingerprint density at radius 3 is 3.10 bits per heavy atom. The molecule has 20 heavy (non-hydrogen) atoms. The van der Waals surface area contributed by atoms with Gasteiger partial charge in [0.05, 0.1) is 11.6 Å². The van der Waals surface area contributed by atoms with Crippen molar-refractivity contribution in [3.63, 3.8) is 0 Å². The lowest BCUT2D eigenvalue weighted by Gasteiger charge is -2.09. The Labute approximate surface area is 140 Å². The third-order valence-corrected chi connectivity index (χ3v) is 4.91. The number of aromatic nitrogens is 2. The van der Waals surface area contributed by atoms with Gasteiger partial charge >= 0.3 is 0 Å². The second kappa shape index (κ2) is 6.53. The fourth-order valence-corrected chi connectivity index (χ4v) is 3.32. The zero-order valence-corrected chi connectivity index (χ0v) is 14.6. The second-order valence-corrected chi connectivity index (χ2v) is 7.02. The molecule has 1 saturated heterocycles. The van der Waals surface area contributed by atoms with Crippen molar-refractivity contribution in [2.24, 2.45) is 0 Å². The van der Waals surface area contributed by atoms with Crippen molar-refractivity contribution in [2.45, 2.75) is 31.7 Å². The molecule has 1 aromatic carbocycles. The highest BCUT2D eigenvalue weighted by atomic mass is 127. The van der Waals surface area contributed by atoms with E-state index < -0.39 is 0 Å². The Morgan fingerprint density at radius 2 is 2.20 bits per heavy atom. The second-order valence-electron chi connectivity index (χ2n) is 4.94. The minimum absolute atomic E-state index is 0.222. The first kappa shape index (κ1) is 14.5. The van der Waals surface area contributed by atoms with Gasteiger partial charge in [0.1, 0.15) is 0 Å². The van der Waals surface area contributed by atoms with E-state index in [1.165, 1.54) is 19.3 Å². The third kappa shape index (κ3) is 3.23. The minimum Gasteiger partial charge on any atom is -0.334 e. The number of benzene rings is 1. The third-order valence-electron chi connectivity index (χ3n) is 3.47. The molecule has 1 fully saturated rings. The highest BCUT2D eigenvalue weighted by Gasteiger charge is 2.20. The number of hydrogen-bond donors (Lipinski definition) is 1. The predicted octanol–water partition coefficient (Wildman–Crippen LogP) is 4.31. The number of nitrogens with zero attached hydrogens (tertiary/aromatic N) is 2. The van der Waals surface area contributed by atoms with Crippen LogP contribution in [0.15, 0.2) is 27.2 Å². The highest BCUT2D eigenvalue weighted by molar-refractivity contribution is 14.1. The molecule has 6 heteroatoms. The van der Waals surface area contributed by atoms with Crippen molar-refractivity contribution >= 4 is 38.5 Å². The van der Waals surface area contributed by atoms with Crippen LogP contribution in [-0.4, -0.2) is 16.7 Å².